The van der Waals surface area contributed by atoms with Crippen molar-refractivity contribution >= 4 is 6.03 Å². The van der Waals surface area contributed by atoms with Crippen LogP contribution in [0.25, 0.3) is 0 Å². The molecule has 0 aliphatic rings. The van der Waals surface area contributed by atoms with E-state index in [0.29, 0.717) is 18.8 Å². The summed E-state index contributed by atoms with van der Waals surface area (Å²) in [6.45, 7) is 2.66. The fourth-order valence-electron chi connectivity index (χ4n) is 2.16. The molecule has 0 spiro atoms. The molecule has 21 heavy (non-hydrogen) atoms. The van der Waals surface area contributed by atoms with Crippen molar-refractivity contribution in [3.8, 4) is 0 Å². The van der Waals surface area contributed by atoms with E-state index in [-0.39, 0.29) is 18.7 Å². The highest BCUT2D eigenvalue weighted by molar-refractivity contribution is 5.75. The molecule has 1 aromatic heterocycles. The average Bonchev–Trinajstić information content (AvgIpc) is 3.05. The average molecular weight is 288 g/mol. The van der Waals surface area contributed by atoms with Crippen molar-refractivity contribution in [2.45, 2.75) is 13.0 Å². The zero-order chi connectivity index (χ0) is 15.1. The van der Waals surface area contributed by atoms with Crippen LogP contribution in [0.15, 0.2) is 53.1 Å². The maximum Gasteiger partial charge on any atom is 0.318 e. The first-order valence-corrected chi connectivity index (χ1v) is 7.01. The molecule has 2 rings (SSSR count). The number of rotatable bonds is 6. The lowest BCUT2D eigenvalue weighted by Crippen LogP contribution is -2.43. The predicted molar refractivity (Wildman–Crippen MR) is 79.9 cm³/mol. The number of aliphatic hydroxyl groups excluding tert-OH is 1. The first-order chi connectivity index (χ1) is 10.3. The minimum atomic E-state index is -0.346. The van der Waals surface area contributed by atoms with Gasteiger partial charge in [0, 0.05) is 13.1 Å². The summed E-state index contributed by atoms with van der Waals surface area (Å²) in [6, 6.07) is 12.7. The molecular formula is C16H20N2O3. The Bertz CT molecular complexity index is 540. The van der Waals surface area contributed by atoms with E-state index in [0.717, 1.165) is 5.56 Å². The number of benzene rings is 1. The molecule has 1 unspecified atom stereocenters. The second-order valence-corrected chi connectivity index (χ2v) is 4.61. The molecule has 2 N–H and O–H groups in total. The van der Waals surface area contributed by atoms with Gasteiger partial charge in [-0.05, 0) is 24.6 Å². The summed E-state index contributed by atoms with van der Waals surface area (Å²) in [5.74, 6) is 0.676. The van der Waals surface area contributed by atoms with E-state index < -0.39 is 0 Å². The van der Waals surface area contributed by atoms with Crippen molar-refractivity contribution in [1.82, 2.24) is 10.2 Å². The van der Waals surface area contributed by atoms with Crippen LogP contribution in [0, 0.1) is 0 Å². The number of carbonyl (C=O) groups excluding carboxylic acids is 1. The number of hydrogen-bond acceptors (Lipinski definition) is 3. The second-order valence-electron chi connectivity index (χ2n) is 4.61. The number of carbonyl (C=O) groups is 1. The van der Waals surface area contributed by atoms with Gasteiger partial charge in [-0.25, -0.2) is 4.79 Å². The first-order valence-electron chi connectivity index (χ1n) is 7.01. The lowest BCUT2D eigenvalue weighted by atomic mass is 10.0. The third kappa shape index (κ3) is 3.86. The summed E-state index contributed by atoms with van der Waals surface area (Å²) in [7, 11) is 0. The highest BCUT2D eigenvalue weighted by Gasteiger charge is 2.21. The van der Waals surface area contributed by atoms with Crippen molar-refractivity contribution < 1.29 is 14.3 Å². The molecule has 0 saturated heterocycles. The Morgan fingerprint density at radius 3 is 2.62 bits per heavy atom. The molecule has 1 aromatic carbocycles. The molecule has 0 radical (unpaired) electrons. The van der Waals surface area contributed by atoms with E-state index in [1.807, 2.05) is 43.3 Å². The highest BCUT2D eigenvalue weighted by atomic mass is 16.3. The molecule has 0 aliphatic heterocycles. The van der Waals surface area contributed by atoms with Crippen LogP contribution >= 0.6 is 0 Å². The highest BCUT2D eigenvalue weighted by Crippen LogP contribution is 2.22. The monoisotopic (exact) mass is 288 g/mol. The molecule has 1 heterocycles. The minimum absolute atomic E-state index is 0.0575. The predicted octanol–water partition coefficient (Wildman–Crippen LogP) is 2.39. The van der Waals surface area contributed by atoms with Gasteiger partial charge in [0.25, 0.3) is 0 Å². The van der Waals surface area contributed by atoms with Crippen LogP contribution in [0.2, 0.25) is 0 Å². The minimum Gasteiger partial charge on any atom is -0.467 e. The summed E-state index contributed by atoms with van der Waals surface area (Å²) in [5.41, 5.74) is 0.945. The van der Waals surface area contributed by atoms with Gasteiger partial charge < -0.3 is 19.7 Å². The van der Waals surface area contributed by atoms with Crippen molar-refractivity contribution in [2.24, 2.45) is 0 Å². The van der Waals surface area contributed by atoms with Gasteiger partial charge in [-0.3, -0.25) is 0 Å². The molecule has 5 heteroatoms. The molecule has 2 aromatic rings. The molecule has 1 atom stereocenters. The van der Waals surface area contributed by atoms with E-state index in [2.05, 4.69) is 5.32 Å². The number of nitrogens with one attached hydrogen (secondary N) is 1. The molecule has 0 bridgehead atoms. The summed E-state index contributed by atoms with van der Waals surface area (Å²) < 4.78 is 5.44. The SMILES string of the molecule is CCN(CCO)C(=O)NC(c1ccccc1)c1ccco1. The van der Waals surface area contributed by atoms with E-state index in [1.54, 1.807) is 17.2 Å². The zero-order valence-electron chi connectivity index (χ0n) is 12.0. The number of urea groups is 1. The van der Waals surface area contributed by atoms with Crippen molar-refractivity contribution in [2.75, 3.05) is 19.7 Å². The fraction of sp³-hybridized carbons (Fsp3) is 0.312. The summed E-state index contributed by atoms with van der Waals surface area (Å²) in [5, 5.41) is 12.0. The number of hydrogen-bond donors (Lipinski definition) is 2. The first kappa shape index (κ1) is 15.1. The number of likely N-dealkylation sites (N-methyl/N-ethyl adjacent to an activating group) is 1. The Hall–Kier alpha value is -2.27. The van der Waals surface area contributed by atoms with Crippen LogP contribution in [0.5, 0.6) is 0 Å². The molecule has 0 aliphatic carbocycles. The van der Waals surface area contributed by atoms with Crippen molar-refractivity contribution in [3.05, 3.63) is 60.1 Å². The summed E-state index contributed by atoms with van der Waals surface area (Å²) >= 11 is 0. The van der Waals surface area contributed by atoms with E-state index in [4.69, 9.17) is 9.52 Å². The Morgan fingerprint density at radius 2 is 2.05 bits per heavy atom. The van der Waals surface area contributed by atoms with E-state index in [9.17, 15) is 4.79 Å². The topological polar surface area (TPSA) is 65.7 Å². The van der Waals surface area contributed by atoms with Crippen LogP contribution < -0.4 is 5.32 Å². The number of amides is 2. The lowest BCUT2D eigenvalue weighted by Gasteiger charge is -2.24. The van der Waals surface area contributed by atoms with E-state index in [1.165, 1.54) is 0 Å². The van der Waals surface area contributed by atoms with Gasteiger partial charge >= 0.3 is 6.03 Å². The van der Waals surface area contributed by atoms with Crippen molar-refractivity contribution in [1.29, 1.82) is 0 Å². The Kier molecular flexibility index (Phi) is 5.40. The van der Waals surface area contributed by atoms with Gasteiger partial charge in [-0.15, -0.1) is 0 Å². The van der Waals surface area contributed by atoms with Crippen molar-refractivity contribution in [3.63, 3.8) is 0 Å². The standard InChI is InChI=1S/C16H20N2O3/c1-2-18(10-11-19)16(20)17-15(14-9-6-12-21-14)13-7-4-3-5-8-13/h3-9,12,15,19H,2,10-11H2,1H3,(H,17,20). The van der Waals surface area contributed by atoms with Gasteiger partial charge in [0.05, 0.1) is 12.9 Å². The van der Waals surface area contributed by atoms with Crippen LogP contribution in [-0.2, 0) is 0 Å². The van der Waals surface area contributed by atoms with Gasteiger partial charge in [0.1, 0.15) is 11.8 Å². The smallest absolute Gasteiger partial charge is 0.318 e. The van der Waals surface area contributed by atoms with Gasteiger partial charge in [0.2, 0.25) is 0 Å². The molecular weight excluding hydrogens is 268 g/mol. The maximum absolute atomic E-state index is 12.3. The van der Waals surface area contributed by atoms with Gasteiger partial charge in [-0.2, -0.15) is 0 Å². The van der Waals surface area contributed by atoms with E-state index >= 15 is 0 Å². The van der Waals surface area contributed by atoms with Crippen LogP contribution in [-0.4, -0.2) is 35.7 Å². The van der Waals surface area contributed by atoms with Gasteiger partial charge in [-0.1, -0.05) is 30.3 Å². The third-order valence-corrected chi connectivity index (χ3v) is 3.27. The molecule has 5 nitrogen and oxygen atoms in total. The van der Waals surface area contributed by atoms with Crippen LogP contribution in [0.1, 0.15) is 24.3 Å². The van der Waals surface area contributed by atoms with Gasteiger partial charge in [0.15, 0.2) is 0 Å². The maximum atomic E-state index is 12.3. The zero-order valence-corrected chi connectivity index (χ0v) is 12.0. The number of nitrogens with zero attached hydrogens (tertiary/aromatic N) is 1. The quantitative estimate of drug-likeness (QED) is 0.857. The Labute approximate surface area is 124 Å². The Morgan fingerprint density at radius 1 is 1.29 bits per heavy atom. The fourth-order valence-corrected chi connectivity index (χ4v) is 2.16. The molecule has 112 valence electrons. The number of furan rings is 1. The summed E-state index contributed by atoms with van der Waals surface area (Å²) in [6.07, 6.45) is 1.59. The normalized spacial score (nSPS) is 11.9. The van der Waals surface area contributed by atoms with Crippen LogP contribution in [0.4, 0.5) is 4.79 Å². The largest absolute Gasteiger partial charge is 0.467 e. The molecule has 0 fully saturated rings. The lowest BCUT2D eigenvalue weighted by molar-refractivity contribution is 0.177. The molecule has 0 saturated carbocycles. The molecule has 2 amide bonds. The second kappa shape index (κ2) is 7.50. The Balaban J connectivity index is 2.19. The number of aliphatic hydroxyl groups is 1. The van der Waals surface area contributed by atoms with Crippen LogP contribution in [0.3, 0.4) is 0 Å². The third-order valence-electron chi connectivity index (χ3n) is 3.27. The summed E-state index contributed by atoms with van der Waals surface area (Å²) in [4.78, 5) is 13.9.